The lowest BCUT2D eigenvalue weighted by Crippen LogP contribution is -2.51. The van der Waals surface area contributed by atoms with E-state index in [0.717, 1.165) is 24.3 Å². The van der Waals surface area contributed by atoms with E-state index in [2.05, 4.69) is 24.2 Å². The molecule has 1 heterocycles. The van der Waals surface area contributed by atoms with Crippen LogP contribution in [0.2, 0.25) is 0 Å². The first-order chi connectivity index (χ1) is 8.24. The van der Waals surface area contributed by atoms with Gasteiger partial charge in [0.2, 0.25) is 0 Å². The van der Waals surface area contributed by atoms with Gasteiger partial charge < -0.3 is 10.4 Å². The predicted molar refractivity (Wildman–Crippen MR) is 71.0 cm³/mol. The molecule has 1 aliphatic carbocycles. The summed E-state index contributed by atoms with van der Waals surface area (Å²) in [6, 6.07) is 1.41. The summed E-state index contributed by atoms with van der Waals surface area (Å²) in [5.41, 5.74) is 0. The van der Waals surface area contributed by atoms with Gasteiger partial charge in [0.05, 0.1) is 0 Å². The van der Waals surface area contributed by atoms with Crippen molar-refractivity contribution in [2.45, 2.75) is 51.1 Å². The summed E-state index contributed by atoms with van der Waals surface area (Å²) in [5, 5.41) is 12.4. The van der Waals surface area contributed by atoms with Crippen LogP contribution in [0.3, 0.4) is 0 Å². The van der Waals surface area contributed by atoms with E-state index in [4.69, 9.17) is 5.11 Å². The van der Waals surface area contributed by atoms with Crippen LogP contribution in [0.15, 0.2) is 0 Å². The van der Waals surface area contributed by atoms with Crippen LogP contribution < -0.4 is 5.32 Å². The molecule has 0 radical (unpaired) electrons. The fourth-order valence-electron chi connectivity index (χ4n) is 3.25. The Balaban J connectivity index is 1.87. The van der Waals surface area contributed by atoms with Crippen molar-refractivity contribution in [1.29, 1.82) is 0 Å². The Hall–Kier alpha value is -0.120. The molecule has 17 heavy (non-hydrogen) atoms. The molecule has 3 unspecified atom stereocenters. The third-order valence-corrected chi connectivity index (χ3v) is 4.62. The molecule has 2 aliphatic rings. The van der Waals surface area contributed by atoms with Crippen molar-refractivity contribution >= 4 is 0 Å². The average Bonchev–Trinajstić information content (AvgIpc) is 3.19. The maximum absolute atomic E-state index is 8.96. The maximum atomic E-state index is 8.96. The number of nitrogens with zero attached hydrogens (tertiary/aromatic N) is 1. The Morgan fingerprint density at radius 3 is 2.71 bits per heavy atom. The normalized spacial score (nSPS) is 32.6. The molecule has 2 rings (SSSR count). The molecule has 3 atom stereocenters. The number of likely N-dealkylation sites (tertiary alicyclic amines) is 1. The molecular weight excluding hydrogens is 212 g/mol. The van der Waals surface area contributed by atoms with E-state index >= 15 is 0 Å². The maximum Gasteiger partial charge on any atom is 0.0431 e. The average molecular weight is 240 g/mol. The van der Waals surface area contributed by atoms with E-state index in [-0.39, 0.29) is 0 Å². The highest BCUT2D eigenvalue weighted by atomic mass is 16.2. The van der Waals surface area contributed by atoms with Crippen LogP contribution in [0.5, 0.6) is 0 Å². The van der Waals surface area contributed by atoms with E-state index < -0.39 is 0 Å². The van der Waals surface area contributed by atoms with Gasteiger partial charge >= 0.3 is 0 Å². The van der Waals surface area contributed by atoms with Gasteiger partial charge in [0.25, 0.3) is 0 Å². The van der Waals surface area contributed by atoms with Crippen LogP contribution in [0.4, 0.5) is 0 Å². The van der Waals surface area contributed by atoms with Gasteiger partial charge in [0.15, 0.2) is 0 Å². The highest BCUT2D eigenvalue weighted by Crippen LogP contribution is 2.36. The Kier molecular flexibility index (Phi) is 4.83. The largest absolute Gasteiger partial charge is 0.396 e. The second kappa shape index (κ2) is 6.17. The summed E-state index contributed by atoms with van der Waals surface area (Å²) in [6.07, 6.45) is 6.30. The zero-order valence-electron chi connectivity index (χ0n) is 11.4. The van der Waals surface area contributed by atoms with Gasteiger partial charge in [-0.2, -0.15) is 0 Å². The topological polar surface area (TPSA) is 35.5 Å². The minimum absolute atomic E-state index is 0.346. The fourth-order valence-corrected chi connectivity index (χ4v) is 3.25. The van der Waals surface area contributed by atoms with E-state index in [0.29, 0.717) is 12.6 Å². The molecule has 3 nitrogen and oxygen atoms in total. The van der Waals surface area contributed by atoms with Gasteiger partial charge in [-0.05, 0) is 57.9 Å². The summed E-state index contributed by atoms with van der Waals surface area (Å²) < 4.78 is 0. The van der Waals surface area contributed by atoms with Gasteiger partial charge in [-0.1, -0.05) is 0 Å². The lowest BCUT2D eigenvalue weighted by Gasteiger charge is -2.41. The van der Waals surface area contributed by atoms with Gasteiger partial charge in [-0.3, -0.25) is 4.90 Å². The lowest BCUT2D eigenvalue weighted by atomic mass is 9.89. The van der Waals surface area contributed by atoms with Gasteiger partial charge in [-0.15, -0.1) is 0 Å². The first kappa shape index (κ1) is 13.3. The number of aliphatic hydroxyl groups excluding tert-OH is 1. The molecule has 0 bridgehead atoms. The van der Waals surface area contributed by atoms with Gasteiger partial charge in [-0.25, -0.2) is 0 Å². The SMILES string of the molecule is CNC1CC(CCCO)CN(C(C)C2CC2)C1. The summed E-state index contributed by atoms with van der Waals surface area (Å²) >= 11 is 0. The van der Waals surface area contributed by atoms with E-state index in [1.54, 1.807) is 0 Å². The van der Waals surface area contributed by atoms with Crippen LogP contribution in [0.1, 0.15) is 39.0 Å². The van der Waals surface area contributed by atoms with Crippen molar-refractivity contribution < 1.29 is 5.11 Å². The van der Waals surface area contributed by atoms with E-state index in [1.807, 2.05) is 0 Å². The predicted octanol–water partition coefficient (Wildman–Crippen LogP) is 1.47. The lowest BCUT2D eigenvalue weighted by molar-refractivity contribution is 0.0898. The third-order valence-electron chi connectivity index (χ3n) is 4.62. The second-order valence-corrected chi connectivity index (χ2v) is 5.99. The standard InChI is InChI=1S/C14H28N2O/c1-11(13-5-6-13)16-9-12(4-3-7-17)8-14(10-16)15-2/h11-15,17H,3-10H2,1-2H3. The Labute approximate surface area is 106 Å². The monoisotopic (exact) mass is 240 g/mol. The highest BCUT2D eigenvalue weighted by molar-refractivity contribution is 4.91. The zero-order valence-corrected chi connectivity index (χ0v) is 11.4. The fraction of sp³-hybridized carbons (Fsp3) is 1.00. The smallest absolute Gasteiger partial charge is 0.0431 e. The minimum Gasteiger partial charge on any atom is -0.396 e. The van der Waals surface area contributed by atoms with E-state index in [1.165, 1.54) is 38.8 Å². The van der Waals surface area contributed by atoms with Crippen LogP contribution in [-0.2, 0) is 0 Å². The molecular formula is C14H28N2O. The quantitative estimate of drug-likeness (QED) is 0.738. The van der Waals surface area contributed by atoms with Gasteiger partial charge in [0, 0.05) is 31.8 Å². The number of hydrogen-bond acceptors (Lipinski definition) is 3. The molecule has 1 aliphatic heterocycles. The molecule has 0 aromatic rings. The number of nitrogens with one attached hydrogen (secondary N) is 1. The van der Waals surface area contributed by atoms with Crippen LogP contribution in [-0.4, -0.2) is 48.8 Å². The van der Waals surface area contributed by atoms with Crippen molar-refractivity contribution in [2.24, 2.45) is 11.8 Å². The summed E-state index contributed by atoms with van der Waals surface area (Å²) in [4.78, 5) is 2.68. The summed E-state index contributed by atoms with van der Waals surface area (Å²) in [5.74, 6) is 1.73. The van der Waals surface area contributed by atoms with E-state index in [9.17, 15) is 0 Å². The van der Waals surface area contributed by atoms with Crippen molar-refractivity contribution in [2.75, 3.05) is 26.7 Å². The van der Waals surface area contributed by atoms with Crippen molar-refractivity contribution in [3.63, 3.8) is 0 Å². The molecule has 100 valence electrons. The zero-order chi connectivity index (χ0) is 12.3. The molecule has 1 saturated carbocycles. The van der Waals surface area contributed by atoms with Crippen molar-refractivity contribution in [3.05, 3.63) is 0 Å². The molecule has 0 spiro atoms. The first-order valence-electron chi connectivity index (χ1n) is 7.26. The first-order valence-corrected chi connectivity index (χ1v) is 7.26. The number of piperidine rings is 1. The highest BCUT2D eigenvalue weighted by Gasteiger charge is 2.36. The third kappa shape index (κ3) is 3.67. The van der Waals surface area contributed by atoms with Gasteiger partial charge in [0.1, 0.15) is 0 Å². The molecule has 2 fully saturated rings. The molecule has 0 aromatic heterocycles. The molecule has 2 N–H and O–H groups in total. The number of rotatable bonds is 6. The molecule has 0 amide bonds. The summed E-state index contributed by atoms with van der Waals surface area (Å²) in [6.45, 7) is 5.21. The van der Waals surface area contributed by atoms with Crippen LogP contribution >= 0.6 is 0 Å². The second-order valence-electron chi connectivity index (χ2n) is 5.99. The Bertz CT molecular complexity index is 230. The molecule has 1 saturated heterocycles. The number of aliphatic hydroxyl groups is 1. The van der Waals surface area contributed by atoms with Crippen LogP contribution in [0, 0.1) is 11.8 Å². The number of hydrogen-bond donors (Lipinski definition) is 2. The van der Waals surface area contributed by atoms with Crippen molar-refractivity contribution in [3.8, 4) is 0 Å². The molecule has 0 aromatic carbocycles. The van der Waals surface area contributed by atoms with Crippen molar-refractivity contribution in [1.82, 2.24) is 10.2 Å². The Morgan fingerprint density at radius 2 is 2.12 bits per heavy atom. The number of likely N-dealkylation sites (N-methyl/N-ethyl adjacent to an activating group) is 1. The molecule has 3 heteroatoms. The minimum atomic E-state index is 0.346. The van der Waals surface area contributed by atoms with Crippen LogP contribution in [0.25, 0.3) is 0 Å². The Morgan fingerprint density at radius 1 is 1.35 bits per heavy atom. The summed E-state index contributed by atoms with van der Waals surface area (Å²) in [7, 11) is 2.08.